The molecule has 0 radical (unpaired) electrons. The van der Waals surface area contributed by atoms with Gasteiger partial charge in [-0.15, -0.1) is 0 Å². The topological polar surface area (TPSA) is 68.4 Å². The monoisotopic (exact) mass is 349 g/mol. The van der Waals surface area contributed by atoms with Gasteiger partial charge in [0.15, 0.2) is 0 Å². The number of aromatic nitrogens is 1. The number of nitrogens with one attached hydrogen (secondary N) is 2. The molecule has 5 nitrogen and oxygen atoms in total. The second-order valence-corrected chi connectivity index (χ2v) is 6.90. The van der Waals surface area contributed by atoms with Gasteiger partial charge in [0.1, 0.15) is 0 Å². The van der Waals surface area contributed by atoms with Crippen LogP contribution in [0, 0.1) is 0 Å². The van der Waals surface area contributed by atoms with Crippen LogP contribution in [0.25, 0.3) is 10.9 Å². The van der Waals surface area contributed by atoms with Crippen LogP contribution in [0.2, 0.25) is 0 Å². The first-order valence-electron chi connectivity index (χ1n) is 9.01. The molecule has 1 aromatic heterocycles. The predicted molar refractivity (Wildman–Crippen MR) is 102 cm³/mol. The standard InChI is InChI=1S/C21H23N3O2/c25-19(14-24-10-8-15-3-1-2-4-18(15)13-24)12-23-21(26)17-5-6-20-16(11-17)7-9-22-20/h1-7,9,11,19,22,25H,8,10,12-14H2,(H,23,26). The summed E-state index contributed by atoms with van der Waals surface area (Å²) in [6, 6.07) is 15.9. The van der Waals surface area contributed by atoms with E-state index in [4.69, 9.17) is 0 Å². The van der Waals surface area contributed by atoms with E-state index in [0.29, 0.717) is 12.1 Å². The number of β-amino-alcohol motifs (C(OH)–C–C–N with tert-alkyl or cyclic N) is 1. The zero-order valence-electron chi connectivity index (χ0n) is 14.6. The first-order valence-corrected chi connectivity index (χ1v) is 9.01. The third kappa shape index (κ3) is 3.64. The molecule has 2 aromatic carbocycles. The molecular weight excluding hydrogens is 326 g/mol. The highest BCUT2D eigenvalue weighted by Crippen LogP contribution is 2.18. The van der Waals surface area contributed by atoms with Crippen LogP contribution >= 0.6 is 0 Å². The maximum atomic E-state index is 12.3. The third-order valence-corrected chi connectivity index (χ3v) is 4.99. The fourth-order valence-corrected chi connectivity index (χ4v) is 3.58. The Kier molecular flexibility index (Phi) is 4.73. The molecule has 0 saturated heterocycles. The Morgan fingerprint density at radius 1 is 1.19 bits per heavy atom. The van der Waals surface area contributed by atoms with Gasteiger partial charge in [-0.05, 0) is 41.8 Å². The van der Waals surface area contributed by atoms with E-state index in [0.717, 1.165) is 30.4 Å². The van der Waals surface area contributed by atoms with Crippen LogP contribution in [0.15, 0.2) is 54.7 Å². The van der Waals surface area contributed by atoms with E-state index in [-0.39, 0.29) is 12.5 Å². The summed E-state index contributed by atoms with van der Waals surface area (Å²) in [4.78, 5) is 17.7. The third-order valence-electron chi connectivity index (χ3n) is 4.99. The zero-order chi connectivity index (χ0) is 17.9. The molecule has 5 heteroatoms. The number of nitrogens with zero attached hydrogens (tertiary/aromatic N) is 1. The van der Waals surface area contributed by atoms with E-state index in [2.05, 4.69) is 39.5 Å². The van der Waals surface area contributed by atoms with E-state index in [1.165, 1.54) is 11.1 Å². The van der Waals surface area contributed by atoms with Gasteiger partial charge in [0.2, 0.25) is 0 Å². The van der Waals surface area contributed by atoms with Crippen molar-refractivity contribution < 1.29 is 9.90 Å². The summed E-state index contributed by atoms with van der Waals surface area (Å²) in [5.41, 5.74) is 4.34. The molecule has 1 aliphatic rings. The maximum absolute atomic E-state index is 12.3. The first kappa shape index (κ1) is 16.8. The molecule has 0 aliphatic carbocycles. The van der Waals surface area contributed by atoms with Crippen molar-refractivity contribution in [1.29, 1.82) is 0 Å². The van der Waals surface area contributed by atoms with E-state index < -0.39 is 6.10 Å². The van der Waals surface area contributed by atoms with Gasteiger partial charge >= 0.3 is 0 Å². The number of aliphatic hydroxyl groups excluding tert-OH is 1. The van der Waals surface area contributed by atoms with Crippen molar-refractivity contribution in [1.82, 2.24) is 15.2 Å². The van der Waals surface area contributed by atoms with Crippen molar-refractivity contribution >= 4 is 16.8 Å². The lowest BCUT2D eigenvalue weighted by molar-refractivity contribution is 0.0842. The summed E-state index contributed by atoms with van der Waals surface area (Å²) in [5, 5.41) is 14.2. The summed E-state index contributed by atoms with van der Waals surface area (Å²) >= 11 is 0. The lowest BCUT2D eigenvalue weighted by Crippen LogP contribution is -2.42. The van der Waals surface area contributed by atoms with Crippen molar-refractivity contribution in [3.05, 3.63) is 71.4 Å². The fourth-order valence-electron chi connectivity index (χ4n) is 3.58. The van der Waals surface area contributed by atoms with Crippen molar-refractivity contribution in [2.75, 3.05) is 19.6 Å². The van der Waals surface area contributed by atoms with E-state index in [9.17, 15) is 9.90 Å². The molecule has 26 heavy (non-hydrogen) atoms. The van der Waals surface area contributed by atoms with Gasteiger partial charge in [-0.3, -0.25) is 9.69 Å². The summed E-state index contributed by atoms with van der Waals surface area (Å²) in [6.07, 6.45) is 2.28. The smallest absolute Gasteiger partial charge is 0.251 e. The van der Waals surface area contributed by atoms with Crippen LogP contribution in [-0.2, 0) is 13.0 Å². The van der Waals surface area contributed by atoms with E-state index in [1.54, 1.807) is 6.07 Å². The molecule has 3 N–H and O–H groups in total. The van der Waals surface area contributed by atoms with Crippen molar-refractivity contribution in [3.8, 4) is 0 Å². The molecule has 4 rings (SSSR count). The second-order valence-electron chi connectivity index (χ2n) is 6.90. The number of hydrogen-bond donors (Lipinski definition) is 3. The molecule has 1 atom stereocenters. The molecule has 0 bridgehead atoms. The van der Waals surface area contributed by atoms with Gasteiger partial charge < -0.3 is 15.4 Å². The van der Waals surface area contributed by atoms with Crippen LogP contribution in [0.5, 0.6) is 0 Å². The van der Waals surface area contributed by atoms with Crippen molar-refractivity contribution in [2.45, 2.75) is 19.1 Å². The minimum atomic E-state index is -0.583. The Morgan fingerprint density at radius 3 is 2.92 bits per heavy atom. The van der Waals surface area contributed by atoms with Crippen LogP contribution < -0.4 is 5.32 Å². The maximum Gasteiger partial charge on any atom is 0.251 e. The highest BCUT2D eigenvalue weighted by Gasteiger charge is 2.19. The average molecular weight is 349 g/mol. The van der Waals surface area contributed by atoms with Gasteiger partial charge in [-0.1, -0.05) is 24.3 Å². The zero-order valence-corrected chi connectivity index (χ0v) is 14.6. The number of rotatable bonds is 5. The predicted octanol–water partition coefficient (Wildman–Crippen LogP) is 2.32. The number of aromatic amines is 1. The second kappa shape index (κ2) is 7.32. The van der Waals surface area contributed by atoms with E-state index >= 15 is 0 Å². The summed E-state index contributed by atoms with van der Waals surface area (Å²) < 4.78 is 0. The molecular formula is C21H23N3O2. The van der Waals surface area contributed by atoms with Crippen molar-refractivity contribution in [3.63, 3.8) is 0 Å². The lowest BCUT2D eigenvalue weighted by atomic mass is 10.00. The van der Waals surface area contributed by atoms with Gasteiger partial charge in [0.25, 0.3) is 5.91 Å². The van der Waals surface area contributed by atoms with Crippen LogP contribution in [-0.4, -0.2) is 46.6 Å². The molecule has 134 valence electrons. The van der Waals surface area contributed by atoms with Crippen LogP contribution in [0.4, 0.5) is 0 Å². The average Bonchev–Trinajstić information content (AvgIpc) is 3.14. The largest absolute Gasteiger partial charge is 0.390 e. The molecule has 0 fully saturated rings. The number of carbonyl (C=O) groups excluding carboxylic acids is 1. The number of benzene rings is 2. The highest BCUT2D eigenvalue weighted by atomic mass is 16.3. The molecule has 2 heterocycles. The number of hydrogen-bond acceptors (Lipinski definition) is 3. The summed E-state index contributed by atoms with van der Waals surface area (Å²) in [5.74, 6) is -0.156. The highest BCUT2D eigenvalue weighted by molar-refractivity contribution is 5.98. The lowest BCUT2D eigenvalue weighted by Gasteiger charge is -2.30. The van der Waals surface area contributed by atoms with Gasteiger partial charge in [0.05, 0.1) is 6.10 Å². The molecule has 0 saturated carbocycles. The Hall–Kier alpha value is -2.63. The molecule has 3 aromatic rings. The van der Waals surface area contributed by atoms with Gasteiger partial charge in [-0.2, -0.15) is 0 Å². The van der Waals surface area contributed by atoms with Gasteiger partial charge in [-0.25, -0.2) is 0 Å². The molecule has 1 unspecified atom stereocenters. The minimum absolute atomic E-state index is 0.156. The number of amides is 1. The summed E-state index contributed by atoms with van der Waals surface area (Å²) in [6.45, 7) is 2.60. The fraction of sp³-hybridized carbons (Fsp3) is 0.286. The van der Waals surface area contributed by atoms with Crippen LogP contribution in [0.1, 0.15) is 21.5 Å². The van der Waals surface area contributed by atoms with Crippen molar-refractivity contribution in [2.24, 2.45) is 0 Å². The number of H-pyrrole nitrogens is 1. The minimum Gasteiger partial charge on any atom is -0.390 e. The Balaban J connectivity index is 1.30. The number of fused-ring (bicyclic) bond motifs is 2. The Labute approximate surface area is 152 Å². The SMILES string of the molecule is O=C(NCC(O)CN1CCc2ccccc2C1)c1ccc2[nH]ccc2c1. The Morgan fingerprint density at radius 2 is 2.04 bits per heavy atom. The Bertz CT molecular complexity index is 918. The van der Waals surface area contributed by atoms with Gasteiger partial charge in [0, 0.05) is 48.8 Å². The number of carbonyl (C=O) groups is 1. The first-order chi connectivity index (χ1) is 12.7. The molecule has 0 spiro atoms. The van der Waals surface area contributed by atoms with E-state index in [1.807, 2.05) is 24.4 Å². The summed E-state index contributed by atoms with van der Waals surface area (Å²) in [7, 11) is 0. The van der Waals surface area contributed by atoms with Crippen LogP contribution in [0.3, 0.4) is 0 Å². The molecule has 1 aliphatic heterocycles. The normalized spacial score (nSPS) is 15.6. The molecule has 1 amide bonds. The number of aliphatic hydroxyl groups is 1. The quantitative estimate of drug-likeness (QED) is 0.662.